The highest BCUT2D eigenvalue weighted by molar-refractivity contribution is 7.89. The van der Waals surface area contributed by atoms with Crippen LogP contribution in [0.5, 0.6) is 11.5 Å². The Balaban J connectivity index is 1.73. The van der Waals surface area contributed by atoms with E-state index in [0.717, 1.165) is 14.6 Å². The van der Waals surface area contributed by atoms with Crippen molar-refractivity contribution in [2.45, 2.75) is 4.90 Å². The van der Waals surface area contributed by atoms with Gasteiger partial charge in [-0.15, -0.1) is 0 Å². The summed E-state index contributed by atoms with van der Waals surface area (Å²) in [6, 6.07) is 18.4. The monoisotopic (exact) mass is 524 g/mol. The predicted molar refractivity (Wildman–Crippen MR) is 141 cm³/mol. The summed E-state index contributed by atoms with van der Waals surface area (Å²) in [6.07, 6.45) is 1.55. The van der Waals surface area contributed by atoms with Crippen molar-refractivity contribution in [3.05, 3.63) is 77.9 Å². The van der Waals surface area contributed by atoms with Crippen molar-refractivity contribution in [3.8, 4) is 11.5 Å². The van der Waals surface area contributed by atoms with E-state index in [9.17, 15) is 13.2 Å². The molecule has 0 saturated heterocycles. The van der Waals surface area contributed by atoms with Gasteiger partial charge >= 0.3 is 0 Å². The Bertz CT molecular complexity index is 1510. The molecule has 0 saturated carbocycles. The largest absolute Gasteiger partial charge is 0.497 e. The molecule has 0 spiro atoms. The van der Waals surface area contributed by atoms with Crippen molar-refractivity contribution in [3.63, 3.8) is 0 Å². The van der Waals surface area contributed by atoms with Crippen LogP contribution in [0.1, 0.15) is 15.9 Å². The van der Waals surface area contributed by atoms with E-state index >= 15 is 0 Å². The molecule has 0 fully saturated rings. The third-order valence-corrected chi connectivity index (χ3v) is 8.10. The van der Waals surface area contributed by atoms with Gasteiger partial charge in [-0.3, -0.25) is 4.79 Å². The molecule has 0 N–H and O–H groups in total. The summed E-state index contributed by atoms with van der Waals surface area (Å²) < 4.78 is 37.2. The number of benzene rings is 3. The lowest BCUT2D eigenvalue weighted by Gasteiger charge is -2.15. The lowest BCUT2D eigenvalue weighted by molar-refractivity contribution is 0.0987. The minimum atomic E-state index is -3.62. The number of anilines is 1. The average Bonchev–Trinajstić information content (AvgIpc) is 3.31. The Hall–Kier alpha value is -3.80. The lowest BCUT2D eigenvalue weighted by Crippen LogP contribution is -2.26. The van der Waals surface area contributed by atoms with Gasteiger partial charge in [-0.2, -0.15) is 10.1 Å². The van der Waals surface area contributed by atoms with Crippen LogP contribution in [0.3, 0.4) is 0 Å². The maximum atomic E-state index is 13.5. The van der Waals surface area contributed by atoms with Gasteiger partial charge < -0.3 is 9.47 Å². The van der Waals surface area contributed by atoms with Gasteiger partial charge in [0.05, 0.1) is 35.5 Å². The minimum absolute atomic E-state index is 0.0874. The van der Waals surface area contributed by atoms with Gasteiger partial charge in [0.2, 0.25) is 15.2 Å². The van der Waals surface area contributed by atoms with E-state index in [1.807, 2.05) is 24.3 Å². The Morgan fingerprint density at radius 1 is 0.944 bits per heavy atom. The maximum Gasteiger partial charge on any atom is 0.280 e. The van der Waals surface area contributed by atoms with Crippen LogP contribution in [0.2, 0.25) is 0 Å². The number of sulfonamides is 1. The fourth-order valence-electron chi connectivity index (χ4n) is 3.22. The summed E-state index contributed by atoms with van der Waals surface area (Å²) in [5.74, 6) is 0.919. The lowest BCUT2D eigenvalue weighted by atomic mass is 10.2. The highest BCUT2D eigenvalue weighted by Crippen LogP contribution is 2.32. The number of carbonyl (C=O) groups is 1. The molecule has 1 amide bonds. The number of hydrazone groups is 1. The maximum absolute atomic E-state index is 13.5. The van der Waals surface area contributed by atoms with E-state index in [0.29, 0.717) is 22.1 Å². The van der Waals surface area contributed by atoms with E-state index in [4.69, 9.17) is 9.47 Å². The molecular formula is C25H24N4O5S2. The number of aromatic nitrogens is 1. The number of carbonyl (C=O) groups excluding carboxylic acids is 1. The molecular weight excluding hydrogens is 500 g/mol. The number of hydrogen-bond acceptors (Lipinski definition) is 8. The molecule has 186 valence electrons. The summed E-state index contributed by atoms with van der Waals surface area (Å²) in [7, 11) is 2.45. The molecule has 0 atom stereocenters. The first-order chi connectivity index (χ1) is 17.2. The second-order valence-corrected chi connectivity index (χ2v) is 10.9. The van der Waals surface area contributed by atoms with Crippen LogP contribution in [-0.4, -0.2) is 58.1 Å². The summed E-state index contributed by atoms with van der Waals surface area (Å²) in [4.78, 5) is 18.2. The fourth-order valence-corrected chi connectivity index (χ4v) is 5.07. The van der Waals surface area contributed by atoms with Crippen LogP contribution in [0, 0.1) is 0 Å². The molecule has 3 aromatic carbocycles. The van der Waals surface area contributed by atoms with Crippen molar-refractivity contribution < 1.29 is 22.7 Å². The zero-order chi connectivity index (χ0) is 25.9. The molecule has 11 heteroatoms. The average molecular weight is 525 g/mol. The van der Waals surface area contributed by atoms with Crippen LogP contribution < -0.4 is 14.5 Å². The first-order valence-corrected chi connectivity index (χ1v) is 13.0. The van der Waals surface area contributed by atoms with E-state index in [1.54, 1.807) is 38.6 Å². The quantitative estimate of drug-likeness (QED) is 0.252. The van der Waals surface area contributed by atoms with Gasteiger partial charge in [0.1, 0.15) is 11.5 Å². The zero-order valence-corrected chi connectivity index (χ0v) is 21.7. The number of amides is 1. The van der Waals surface area contributed by atoms with Crippen LogP contribution >= 0.6 is 11.3 Å². The molecule has 0 aliphatic heterocycles. The summed E-state index contributed by atoms with van der Waals surface area (Å²) in [6.45, 7) is 0. The highest BCUT2D eigenvalue weighted by Gasteiger charge is 2.23. The Morgan fingerprint density at radius 2 is 1.58 bits per heavy atom. The number of fused-ring (bicyclic) bond motifs is 1. The second kappa shape index (κ2) is 10.4. The van der Waals surface area contributed by atoms with Crippen LogP contribution in [-0.2, 0) is 10.0 Å². The SMILES string of the molecule is COc1ccc(/C=N/N(C(=O)c2ccc(S(=O)(=O)N(C)C)cc2)c2nc3ccc(OC)cc3s2)cc1. The third-order valence-electron chi connectivity index (χ3n) is 5.28. The standard InChI is InChI=1S/C25H24N4O5S2/c1-28(2)36(31,32)21-12-7-18(8-13-21)24(30)29(26-16-17-5-9-19(33-3)10-6-17)25-27-22-14-11-20(34-4)15-23(22)35-25/h5-16H,1-4H3/b26-16+. The second-order valence-electron chi connectivity index (χ2n) is 7.78. The number of methoxy groups -OCH3 is 2. The molecule has 4 rings (SSSR count). The molecule has 9 nitrogen and oxygen atoms in total. The van der Waals surface area contributed by atoms with Crippen molar-refractivity contribution in [2.75, 3.05) is 33.3 Å². The van der Waals surface area contributed by atoms with E-state index < -0.39 is 15.9 Å². The van der Waals surface area contributed by atoms with E-state index in [2.05, 4.69) is 10.1 Å². The first kappa shape index (κ1) is 25.3. The topological polar surface area (TPSA) is 101 Å². The molecule has 1 aromatic heterocycles. The summed E-state index contributed by atoms with van der Waals surface area (Å²) in [5.41, 5.74) is 1.71. The van der Waals surface area contributed by atoms with Crippen molar-refractivity contribution in [2.24, 2.45) is 5.10 Å². The Kier molecular flexibility index (Phi) is 7.34. The van der Waals surface area contributed by atoms with Gasteiger partial charge in [-0.05, 0) is 72.3 Å². The smallest absolute Gasteiger partial charge is 0.280 e. The van der Waals surface area contributed by atoms with Crippen molar-refractivity contribution in [1.82, 2.24) is 9.29 Å². The number of nitrogens with zero attached hydrogens (tertiary/aromatic N) is 4. The number of hydrogen-bond donors (Lipinski definition) is 0. The molecule has 36 heavy (non-hydrogen) atoms. The molecule has 0 bridgehead atoms. The molecule has 0 aliphatic carbocycles. The zero-order valence-electron chi connectivity index (χ0n) is 20.1. The van der Waals surface area contributed by atoms with Gasteiger partial charge in [-0.25, -0.2) is 17.7 Å². The molecule has 1 heterocycles. The first-order valence-electron chi connectivity index (χ1n) is 10.7. The van der Waals surface area contributed by atoms with Crippen LogP contribution in [0.15, 0.2) is 76.7 Å². The van der Waals surface area contributed by atoms with Gasteiger partial charge in [-0.1, -0.05) is 11.3 Å². The number of thiazole rings is 1. The van der Waals surface area contributed by atoms with Gasteiger partial charge in [0.25, 0.3) is 5.91 Å². The van der Waals surface area contributed by atoms with E-state index in [1.165, 1.54) is 54.7 Å². The summed E-state index contributed by atoms with van der Waals surface area (Å²) in [5, 5.41) is 6.01. The van der Waals surface area contributed by atoms with Crippen molar-refractivity contribution in [1.29, 1.82) is 0 Å². The van der Waals surface area contributed by atoms with Crippen LogP contribution in [0.4, 0.5) is 5.13 Å². The Morgan fingerprint density at radius 3 is 2.19 bits per heavy atom. The predicted octanol–water partition coefficient (Wildman–Crippen LogP) is 4.24. The summed E-state index contributed by atoms with van der Waals surface area (Å²) >= 11 is 1.29. The highest BCUT2D eigenvalue weighted by atomic mass is 32.2. The molecule has 0 unspecified atom stereocenters. The fraction of sp³-hybridized carbons (Fsp3) is 0.160. The molecule has 0 aliphatic rings. The Labute approximate surface area is 213 Å². The molecule has 4 aromatic rings. The number of rotatable bonds is 8. The number of ether oxygens (including phenoxy) is 2. The third kappa shape index (κ3) is 5.23. The van der Waals surface area contributed by atoms with Crippen LogP contribution in [0.25, 0.3) is 10.2 Å². The van der Waals surface area contributed by atoms with Gasteiger partial charge in [0, 0.05) is 19.7 Å². The van der Waals surface area contributed by atoms with Crippen molar-refractivity contribution >= 4 is 48.8 Å². The minimum Gasteiger partial charge on any atom is -0.497 e. The van der Waals surface area contributed by atoms with Gasteiger partial charge in [0.15, 0.2) is 0 Å². The van der Waals surface area contributed by atoms with E-state index in [-0.39, 0.29) is 10.5 Å². The molecule has 0 radical (unpaired) electrons. The normalized spacial score (nSPS) is 11.8.